The maximum Gasteiger partial charge on any atom is 0.368 e. The van der Waals surface area contributed by atoms with Crippen molar-refractivity contribution < 1.29 is 14.6 Å². The van der Waals surface area contributed by atoms with Crippen LogP contribution >= 0.6 is 0 Å². The van der Waals surface area contributed by atoms with E-state index in [0.717, 1.165) is 12.8 Å². The van der Waals surface area contributed by atoms with Gasteiger partial charge in [0, 0.05) is 16.7 Å². The molecule has 4 nitrogen and oxygen atoms in total. The van der Waals surface area contributed by atoms with E-state index in [4.69, 9.17) is 9.78 Å². The standard InChI is InChI=1S/C13H23NO3/c1-9(2)11(15)17-16-10-7-12(3,4)14-13(5,6)8-10/h10,14H,1,7-8H2,2-6H3. The summed E-state index contributed by atoms with van der Waals surface area (Å²) in [6.07, 6.45) is 1.53. The minimum absolute atomic E-state index is 0.0257. The summed E-state index contributed by atoms with van der Waals surface area (Å²) in [7, 11) is 0. The molecule has 1 rings (SSSR count). The lowest BCUT2D eigenvalue weighted by molar-refractivity contribution is -0.304. The molecule has 0 amide bonds. The number of carbonyl (C=O) groups is 1. The predicted molar refractivity (Wildman–Crippen MR) is 66.3 cm³/mol. The van der Waals surface area contributed by atoms with Crippen molar-refractivity contribution in [3.05, 3.63) is 12.2 Å². The summed E-state index contributed by atoms with van der Waals surface area (Å²) in [6.45, 7) is 13.6. The summed E-state index contributed by atoms with van der Waals surface area (Å²) in [5.41, 5.74) is 0.293. The SMILES string of the molecule is C=C(C)C(=O)OOC1CC(C)(C)NC(C)(C)C1. The molecule has 0 bridgehead atoms. The van der Waals surface area contributed by atoms with Crippen LogP contribution in [0.15, 0.2) is 12.2 Å². The molecular weight excluding hydrogens is 218 g/mol. The molecule has 4 heteroatoms. The van der Waals surface area contributed by atoms with E-state index in [0.29, 0.717) is 5.57 Å². The van der Waals surface area contributed by atoms with Crippen LogP contribution in [-0.4, -0.2) is 23.2 Å². The molecule has 1 saturated heterocycles. The Labute approximate surface area is 103 Å². The highest BCUT2D eigenvalue weighted by Gasteiger charge is 2.39. The van der Waals surface area contributed by atoms with E-state index in [-0.39, 0.29) is 17.2 Å². The van der Waals surface area contributed by atoms with Crippen LogP contribution in [0.4, 0.5) is 0 Å². The lowest BCUT2D eigenvalue weighted by Gasteiger charge is -2.45. The van der Waals surface area contributed by atoms with Crippen molar-refractivity contribution in [1.29, 1.82) is 0 Å². The number of carbonyl (C=O) groups excluding carboxylic acids is 1. The summed E-state index contributed by atoms with van der Waals surface area (Å²) in [5.74, 6) is -0.501. The molecule has 0 aliphatic carbocycles. The first-order chi connectivity index (χ1) is 7.61. The molecule has 1 aliphatic rings. The lowest BCUT2D eigenvalue weighted by Crippen LogP contribution is -2.59. The zero-order valence-corrected chi connectivity index (χ0v) is 11.4. The van der Waals surface area contributed by atoms with E-state index in [9.17, 15) is 4.79 Å². The van der Waals surface area contributed by atoms with Gasteiger partial charge in [0.15, 0.2) is 0 Å². The molecule has 17 heavy (non-hydrogen) atoms. The normalized spacial score (nSPS) is 23.1. The highest BCUT2D eigenvalue weighted by Crippen LogP contribution is 2.30. The Bertz CT molecular complexity index is 305. The Morgan fingerprint density at radius 2 is 1.71 bits per heavy atom. The fourth-order valence-corrected chi connectivity index (χ4v) is 2.48. The van der Waals surface area contributed by atoms with Crippen LogP contribution in [-0.2, 0) is 14.6 Å². The monoisotopic (exact) mass is 241 g/mol. The first kappa shape index (κ1) is 14.2. The molecule has 1 heterocycles. The van der Waals surface area contributed by atoms with E-state index in [1.54, 1.807) is 6.92 Å². The summed E-state index contributed by atoms with van der Waals surface area (Å²) in [6, 6.07) is 0. The van der Waals surface area contributed by atoms with Gasteiger partial charge in [-0.3, -0.25) is 4.89 Å². The van der Waals surface area contributed by atoms with Crippen molar-refractivity contribution in [2.24, 2.45) is 0 Å². The van der Waals surface area contributed by atoms with Gasteiger partial charge in [0.05, 0.1) is 0 Å². The van der Waals surface area contributed by atoms with Gasteiger partial charge in [-0.25, -0.2) is 4.79 Å². The number of rotatable bonds is 3. The predicted octanol–water partition coefficient (Wildman–Crippen LogP) is 2.35. The van der Waals surface area contributed by atoms with E-state index >= 15 is 0 Å². The van der Waals surface area contributed by atoms with E-state index in [2.05, 4.69) is 39.6 Å². The van der Waals surface area contributed by atoms with E-state index < -0.39 is 5.97 Å². The molecule has 0 aromatic heterocycles. The van der Waals surface area contributed by atoms with Crippen LogP contribution in [0.25, 0.3) is 0 Å². The van der Waals surface area contributed by atoms with Gasteiger partial charge in [0.1, 0.15) is 6.10 Å². The Balaban J connectivity index is 2.54. The third-order valence-corrected chi connectivity index (χ3v) is 2.76. The Morgan fingerprint density at radius 3 is 2.12 bits per heavy atom. The Kier molecular flexibility index (Phi) is 3.99. The molecule has 0 aromatic rings. The largest absolute Gasteiger partial charge is 0.368 e. The van der Waals surface area contributed by atoms with Crippen molar-refractivity contribution in [1.82, 2.24) is 5.32 Å². The summed E-state index contributed by atoms with van der Waals surface area (Å²) in [5, 5.41) is 3.53. The summed E-state index contributed by atoms with van der Waals surface area (Å²) in [4.78, 5) is 21.2. The number of nitrogens with one attached hydrogen (secondary N) is 1. The van der Waals surface area contributed by atoms with E-state index in [1.165, 1.54) is 0 Å². The highest BCUT2D eigenvalue weighted by atomic mass is 17.2. The fourth-order valence-electron chi connectivity index (χ4n) is 2.48. The quantitative estimate of drug-likeness (QED) is 0.468. The molecule has 0 radical (unpaired) electrons. The first-order valence-electron chi connectivity index (χ1n) is 5.94. The molecule has 1 fully saturated rings. The Morgan fingerprint density at radius 1 is 1.24 bits per heavy atom. The summed E-state index contributed by atoms with van der Waals surface area (Å²) < 4.78 is 0. The van der Waals surface area contributed by atoms with Crippen LogP contribution in [0.3, 0.4) is 0 Å². The second-order valence-electron chi connectivity index (χ2n) is 6.17. The van der Waals surface area contributed by atoms with Crippen LogP contribution < -0.4 is 5.32 Å². The molecule has 98 valence electrons. The van der Waals surface area contributed by atoms with Gasteiger partial charge in [-0.2, -0.15) is 4.89 Å². The number of piperidine rings is 1. The fraction of sp³-hybridized carbons (Fsp3) is 0.769. The van der Waals surface area contributed by atoms with Gasteiger partial charge >= 0.3 is 5.97 Å². The van der Waals surface area contributed by atoms with Crippen molar-refractivity contribution in [2.75, 3.05) is 0 Å². The summed E-state index contributed by atoms with van der Waals surface area (Å²) >= 11 is 0. The van der Waals surface area contributed by atoms with Crippen molar-refractivity contribution in [2.45, 2.75) is 64.6 Å². The molecule has 0 saturated carbocycles. The van der Waals surface area contributed by atoms with Gasteiger partial charge in [-0.15, -0.1) is 0 Å². The van der Waals surface area contributed by atoms with Crippen LogP contribution in [0.5, 0.6) is 0 Å². The van der Waals surface area contributed by atoms with Gasteiger partial charge in [0.25, 0.3) is 0 Å². The maximum atomic E-state index is 11.2. The number of hydrogen-bond donors (Lipinski definition) is 1. The van der Waals surface area contributed by atoms with Crippen LogP contribution in [0.2, 0.25) is 0 Å². The van der Waals surface area contributed by atoms with Crippen molar-refractivity contribution >= 4 is 5.97 Å². The van der Waals surface area contributed by atoms with Gasteiger partial charge in [-0.05, 0) is 47.5 Å². The van der Waals surface area contributed by atoms with Crippen LogP contribution in [0.1, 0.15) is 47.5 Å². The first-order valence-corrected chi connectivity index (χ1v) is 5.94. The topological polar surface area (TPSA) is 47.6 Å². The highest BCUT2D eigenvalue weighted by molar-refractivity contribution is 5.86. The Hall–Kier alpha value is -0.870. The average Bonchev–Trinajstić information content (AvgIpc) is 2.08. The lowest BCUT2D eigenvalue weighted by atomic mass is 9.81. The molecule has 0 spiro atoms. The third kappa shape index (κ3) is 4.48. The van der Waals surface area contributed by atoms with Crippen LogP contribution in [0, 0.1) is 0 Å². The van der Waals surface area contributed by atoms with Gasteiger partial charge in [-0.1, -0.05) is 6.58 Å². The van der Waals surface area contributed by atoms with Gasteiger partial charge < -0.3 is 5.32 Å². The number of hydrogen-bond acceptors (Lipinski definition) is 4. The van der Waals surface area contributed by atoms with Crippen molar-refractivity contribution in [3.63, 3.8) is 0 Å². The van der Waals surface area contributed by atoms with E-state index in [1.807, 2.05) is 0 Å². The third-order valence-electron chi connectivity index (χ3n) is 2.76. The second kappa shape index (κ2) is 4.78. The molecule has 0 unspecified atom stereocenters. The molecule has 1 N–H and O–H groups in total. The molecule has 0 aromatic carbocycles. The zero-order chi connectivity index (χ0) is 13.3. The van der Waals surface area contributed by atoms with Crippen molar-refractivity contribution in [3.8, 4) is 0 Å². The second-order valence-corrected chi connectivity index (χ2v) is 6.17. The minimum Gasteiger partial charge on any atom is -0.307 e. The molecular formula is C13H23NO3. The average molecular weight is 241 g/mol. The molecule has 0 atom stereocenters. The minimum atomic E-state index is -0.501. The maximum absolute atomic E-state index is 11.2. The molecule has 1 aliphatic heterocycles. The smallest absolute Gasteiger partial charge is 0.307 e. The van der Waals surface area contributed by atoms with Gasteiger partial charge in [0.2, 0.25) is 0 Å². The zero-order valence-electron chi connectivity index (χ0n) is 11.4.